The molecule has 1 aromatic rings. The fraction of sp³-hybridized carbons (Fsp3) is 0.417. The van der Waals surface area contributed by atoms with Crippen LogP contribution in [0.15, 0.2) is 18.2 Å². The van der Waals surface area contributed by atoms with Crippen LogP contribution < -0.4 is 0 Å². The molecule has 1 saturated carbocycles. The molecule has 0 aromatic heterocycles. The van der Waals surface area contributed by atoms with E-state index in [0.29, 0.717) is 12.3 Å². The standard InChI is InChI=1S/C12H12F2O/c13-10-6-2-5-9(12(10)14)11(15)7-8-3-1-4-8/h2,5-6,8H,1,3-4,7H2. The smallest absolute Gasteiger partial charge is 0.169 e. The van der Waals surface area contributed by atoms with E-state index >= 15 is 0 Å². The number of hydrogen-bond donors (Lipinski definition) is 0. The van der Waals surface area contributed by atoms with Gasteiger partial charge in [-0.3, -0.25) is 4.79 Å². The molecule has 0 spiro atoms. The van der Waals surface area contributed by atoms with Crippen LogP contribution in [-0.2, 0) is 0 Å². The summed E-state index contributed by atoms with van der Waals surface area (Å²) in [5, 5.41) is 0. The summed E-state index contributed by atoms with van der Waals surface area (Å²) in [5.74, 6) is -1.87. The van der Waals surface area contributed by atoms with E-state index in [2.05, 4.69) is 0 Å². The Balaban J connectivity index is 2.13. The Morgan fingerprint density at radius 2 is 2.07 bits per heavy atom. The second kappa shape index (κ2) is 4.09. The van der Waals surface area contributed by atoms with E-state index in [0.717, 1.165) is 25.3 Å². The molecule has 0 saturated heterocycles. The van der Waals surface area contributed by atoms with Gasteiger partial charge >= 0.3 is 0 Å². The fourth-order valence-corrected chi connectivity index (χ4v) is 1.79. The summed E-state index contributed by atoms with van der Waals surface area (Å²) in [4.78, 5) is 11.6. The lowest BCUT2D eigenvalue weighted by Gasteiger charge is -2.24. The highest BCUT2D eigenvalue weighted by molar-refractivity contribution is 5.96. The molecule has 0 radical (unpaired) electrons. The Morgan fingerprint density at radius 1 is 1.33 bits per heavy atom. The number of carbonyl (C=O) groups excluding carboxylic acids is 1. The molecule has 1 nitrogen and oxygen atoms in total. The molecule has 0 heterocycles. The van der Waals surface area contributed by atoms with Crippen molar-refractivity contribution < 1.29 is 13.6 Å². The second-order valence-corrected chi connectivity index (χ2v) is 4.03. The molecule has 0 amide bonds. The van der Waals surface area contributed by atoms with Gasteiger partial charge in [0.1, 0.15) is 0 Å². The van der Waals surface area contributed by atoms with Crippen molar-refractivity contribution >= 4 is 5.78 Å². The number of carbonyl (C=O) groups is 1. The monoisotopic (exact) mass is 210 g/mol. The van der Waals surface area contributed by atoms with Crippen LogP contribution in [0, 0.1) is 17.6 Å². The lowest BCUT2D eigenvalue weighted by molar-refractivity contribution is 0.0931. The number of benzene rings is 1. The Kier molecular flexibility index (Phi) is 2.80. The SMILES string of the molecule is O=C(CC1CCC1)c1cccc(F)c1F. The van der Waals surface area contributed by atoms with Crippen molar-refractivity contribution in [1.82, 2.24) is 0 Å². The normalized spacial score (nSPS) is 16.1. The van der Waals surface area contributed by atoms with Crippen LogP contribution in [-0.4, -0.2) is 5.78 Å². The zero-order valence-electron chi connectivity index (χ0n) is 8.30. The van der Waals surface area contributed by atoms with E-state index < -0.39 is 11.6 Å². The molecule has 0 bridgehead atoms. The number of hydrogen-bond acceptors (Lipinski definition) is 1. The third kappa shape index (κ3) is 2.06. The predicted octanol–water partition coefficient (Wildman–Crippen LogP) is 3.34. The van der Waals surface area contributed by atoms with Gasteiger partial charge in [0.05, 0.1) is 5.56 Å². The van der Waals surface area contributed by atoms with Gasteiger partial charge in [-0.15, -0.1) is 0 Å². The summed E-state index contributed by atoms with van der Waals surface area (Å²) in [6, 6.07) is 3.74. The van der Waals surface area contributed by atoms with Crippen molar-refractivity contribution in [3.63, 3.8) is 0 Å². The molecule has 0 atom stereocenters. The minimum Gasteiger partial charge on any atom is -0.294 e. The Morgan fingerprint density at radius 3 is 2.67 bits per heavy atom. The fourth-order valence-electron chi connectivity index (χ4n) is 1.79. The molecule has 1 aromatic carbocycles. The quantitative estimate of drug-likeness (QED) is 0.699. The summed E-state index contributed by atoms with van der Waals surface area (Å²) in [6.07, 6.45) is 3.55. The average molecular weight is 210 g/mol. The molecule has 0 unspecified atom stereocenters. The highest BCUT2D eigenvalue weighted by Crippen LogP contribution is 2.30. The molecule has 0 N–H and O–H groups in total. The molecular weight excluding hydrogens is 198 g/mol. The van der Waals surface area contributed by atoms with Crippen LogP contribution in [0.2, 0.25) is 0 Å². The number of ketones is 1. The van der Waals surface area contributed by atoms with Crippen LogP contribution in [0.25, 0.3) is 0 Å². The molecular formula is C12H12F2O. The number of Topliss-reactive ketones (excluding diaryl/α,β-unsaturated/α-hetero) is 1. The van der Waals surface area contributed by atoms with E-state index in [4.69, 9.17) is 0 Å². The maximum Gasteiger partial charge on any atom is 0.169 e. The predicted molar refractivity (Wildman–Crippen MR) is 52.6 cm³/mol. The summed E-state index contributed by atoms with van der Waals surface area (Å²) in [7, 11) is 0. The van der Waals surface area contributed by atoms with Crippen LogP contribution >= 0.6 is 0 Å². The van der Waals surface area contributed by atoms with Crippen molar-refractivity contribution in [2.45, 2.75) is 25.7 Å². The van der Waals surface area contributed by atoms with E-state index in [1.54, 1.807) is 0 Å². The van der Waals surface area contributed by atoms with Gasteiger partial charge in [-0.25, -0.2) is 8.78 Å². The number of halogens is 2. The van der Waals surface area contributed by atoms with E-state index in [9.17, 15) is 13.6 Å². The van der Waals surface area contributed by atoms with Crippen LogP contribution in [0.1, 0.15) is 36.0 Å². The zero-order valence-corrected chi connectivity index (χ0v) is 8.30. The van der Waals surface area contributed by atoms with Gasteiger partial charge in [-0.1, -0.05) is 25.3 Å². The Hall–Kier alpha value is -1.25. The maximum atomic E-state index is 13.2. The first-order chi connectivity index (χ1) is 7.18. The highest BCUT2D eigenvalue weighted by Gasteiger charge is 2.23. The van der Waals surface area contributed by atoms with Crippen molar-refractivity contribution in [3.05, 3.63) is 35.4 Å². The molecule has 0 aliphatic heterocycles. The molecule has 1 fully saturated rings. The van der Waals surface area contributed by atoms with Gasteiger partial charge in [0.25, 0.3) is 0 Å². The minimum absolute atomic E-state index is 0.109. The maximum absolute atomic E-state index is 13.2. The first-order valence-electron chi connectivity index (χ1n) is 5.15. The van der Waals surface area contributed by atoms with Gasteiger partial charge in [0.15, 0.2) is 17.4 Å². The number of rotatable bonds is 3. The Labute approximate surface area is 87.1 Å². The second-order valence-electron chi connectivity index (χ2n) is 4.03. The summed E-state index contributed by atoms with van der Waals surface area (Å²) in [5.41, 5.74) is -0.109. The lowest BCUT2D eigenvalue weighted by Crippen LogP contribution is -2.17. The van der Waals surface area contributed by atoms with Crippen LogP contribution in [0.4, 0.5) is 8.78 Å². The van der Waals surface area contributed by atoms with Crippen molar-refractivity contribution in [2.75, 3.05) is 0 Å². The molecule has 80 valence electrons. The van der Waals surface area contributed by atoms with Gasteiger partial charge in [0.2, 0.25) is 0 Å². The Bertz CT molecular complexity index is 383. The van der Waals surface area contributed by atoms with E-state index in [1.807, 2.05) is 0 Å². The first kappa shape index (κ1) is 10.3. The van der Waals surface area contributed by atoms with Gasteiger partial charge in [-0.2, -0.15) is 0 Å². The summed E-state index contributed by atoms with van der Waals surface area (Å²) < 4.78 is 26.1. The van der Waals surface area contributed by atoms with Crippen molar-refractivity contribution in [1.29, 1.82) is 0 Å². The van der Waals surface area contributed by atoms with E-state index in [1.165, 1.54) is 12.1 Å². The van der Waals surface area contributed by atoms with Crippen LogP contribution in [0.5, 0.6) is 0 Å². The molecule has 3 heteroatoms. The van der Waals surface area contributed by atoms with Gasteiger partial charge < -0.3 is 0 Å². The first-order valence-corrected chi connectivity index (χ1v) is 5.15. The van der Waals surface area contributed by atoms with Crippen molar-refractivity contribution in [3.8, 4) is 0 Å². The largest absolute Gasteiger partial charge is 0.294 e. The molecule has 1 aliphatic carbocycles. The third-order valence-electron chi connectivity index (χ3n) is 2.95. The summed E-state index contributed by atoms with van der Waals surface area (Å²) in [6.45, 7) is 0. The molecule has 15 heavy (non-hydrogen) atoms. The van der Waals surface area contributed by atoms with Crippen molar-refractivity contribution in [2.24, 2.45) is 5.92 Å². The highest BCUT2D eigenvalue weighted by atomic mass is 19.2. The van der Waals surface area contributed by atoms with E-state index in [-0.39, 0.29) is 11.3 Å². The topological polar surface area (TPSA) is 17.1 Å². The lowest BCUT2D eigenvalue weighted by atomic mass is 9.81. The average Bonchev–Trinajstić information content (AvgIpc) is 2.15. The minimum atomic E-state index is -1.01. The molecule has 1 aliphatic rings. The summed E-state index contributed by atoms with van der Waals surface area (Å²) >= 11 is 0. The van der Waals surface area contributed by atoms with Gasteiger partial charge in [-0.05, 0) is 18.1 Å². The van der Waals surface area contributed by atoms with Gasteiger partial charge in [0, 0.05) is 6.42 Å². The van der Waals surface area contributed by atoms with Crippen LogP contribution in [0.3, 0.4) is 0 Å². The molecule has 2 rings (SSSR count). The third-order valence-corrected chi connectivity index (χ3v) is 2.95. The zero-order chi connectivity index (χ0) is 10.8.